The number of hydrogen-bond donors (Lipinski definition) is 2. The van der Waals surface area contributed by atoms with Crippen molar-refractivity contribution in [2.45, 2.75) is 50.1 Å². The number of carbonyl (C=O) groups is 1. The Morgan fingerprint density at radius 1 is 1.05 bits per heavy atom. The van der Waals surface area contributed by atoms with E-state index in [0.29, 0.717) is 25.7 Å². The summed E-state index contributed by atoms with van der Waals surface area (Å²) in [5, 5.41) is 11.9. The molecule has 6 rings (SSSR count). The van der Waals surface area contributed by atoms with E-state index in [1.807, 2.05) is 18.2 Å². The Bertz CT molecular complexity index is 1320. The molecular weight excluding hydrogens is 506 g/mol. The normalized spacial score (nSPS) is 20.9. The van der Waals surface area contributed by atoms with Crippen LogP contribution in [-0.2, 0) is 21.5 Å². The van der Waals surface area contributed by atoms with Crippen molar-refractivity contribution in [3.63, 3.8) is 0 Å². The third kappa shape index (κ3) is 4.97. The number of aromatic amines is 1. The minimum absolute atomic E-state index is 0.0253. The molecule has 40 heavy (non-hydrogen) atoms. The average molecular weight is 548 g/mol. The summed E-state index contributed by atoms with van der Waals surface area (Å²) in [4.78, 5) is 21.3. The number of nitrogens with zero attached hydrogens (tertiary/aromatic N) is 2. The van der Waals surface area contributed by atoms with Crippen LogP contribution in [-0.4, -0.2) is 79.5 Å². The third-order valence-corrected chi connectivity index (χ3v) is 9.37. The maximum absolute atomic E-state index is 13.1. The first-order valence-electron chi connectivity index (χ1n) is 14.6. The molecule has 2 N–H and O–H groups in total. The Labute approximate surface area is 236 Å². The Kier molecular flexibility index (Phi) is 7.75. The summed E-state index contributed by atoms with van der Waals surface area (Å²) >= 11 is 0. The highest BCUT2D eigenvalue weighted by Crippen LogP contribution is 2.49. The molecule has 214 valence electrons. The largest absolute Gasteiger partial charge is 0.497 e. The first-order valence-corrected chi connectivity index (χ1v) is 14.6. The van der Waals surface area contributed by atoms with E-state index < -0.39 is 0 Å². The van der Waals surface area contributed by atoms with E-state index in [4.69, 9.17) is 14.2 Å². The number of nitrogens with one attached hydrogen (secondary N) is 1. The number of benzene rings is 2. The number of hydrogen-bond acceptors (Lipinski definition) is 6. The molecule has 1 atom stereocenters. The highest BCUT2D eigenvalue weighted by molar-refractivity contribution is 5.88. The standard InChI is InChI=1S/C32H41N3O5/c1-38-16-17-40-24-8-6-22(7-9-24)19-35-21-32(12-14-34(15-13-32)31(37)23-4-3-5-23)29-26-11-10-25(39-2)18-27(26)33-30(29)28(35)20-36/h6-11,18,23,28,33,36H,3-5,12-17,19-21H2,1-2H3. The van der Waals surface area contributed by atoms with Gasteiger partial charge in [0.15, 0.2) is 0 Å². The Balaban J connectivity index is 1.31. The zero-order chi connectivity index (χ0) is 27.7. The molecule has 0 bridgehead atoms. The molecule has 8 nitrogen and oxygen atoms in total. The van der Waals surface area contributed by atoms with Gasteiger partial charge in [-0.2, -0.15) is 0 Å². The molecule has 1 aliphatic carbocycles. The molecule has 1 unspecified atom stereocenters. The van der Waals surface area contributed by atoms with Crippen molar-refractivity contribution in [3.8, 4) is 11.5 Å². The maximum atomic E-state index is 13.1. The zero-order valence-corrected chi connectivity index (χ0v) is 23.7. The van der Waals surface area contributed by atoms with Gasteiger partial charge in [-0.05, 0) is 61.1 Å². The lowest BCUT2D eigenvalue weighted by atomic mass is 9.68. The molecule has 3 aromatic rings. The molecule has 1 amide bonds. The zero-order valence-electron chi connectivity index (χ0n) is 23.7. The van der Waals surface area contributed by atoms with Crippen LogP contribution in [0.15, 0.2) is 42.5 Å². The summed E-state index contributed by atoms with van der Waals surface area (Å²) in [6, 6.07) is 14.3. The van der Waals surface area contributed by atoms with Gasteiger partial charge in [-0.25, -0.2) is 0 Å². The van der Waals surface area contributed by atoms with Crippen LogP contribution in [0.1, 0.15) is 55.0 Å². The van der Waals surface area contributed by atoms with Crippen molar-refractivity contribution in [1.82, 2.24) is 14.8 Å². The van der Waals surface area contributed by atoms with Gasteiger partial charge >= 0.3 is 0 Å². The number of likely N-dealkylation sites (tertiary alicyclic amines) is 1. The summed E-state index contributed by atoms with van der Waals surface area (Å²) in [6.07, 6.45) is 5.08. The van der Waals surface area contributed by atoms with E-state index in [9.17, 15) is 9.90 Å². The number of aliphatic hydroxyl groups excluding tert-OH is 1. The summed E-state index contributed by atoms with van der Waals surface area (Å²) in [6.45, 7) is 4.21. The molecule has 0 radical (unpaired) electrons. The number of rotatable bonds is 9. The van der Waals surface area contributed by atoms with Crippen LogP contribution in [0, 0.1) is 5.92 Å². The van der Waals surface area contributed by atoms with Crippen molar-refractivity contribution in [1.29, 1.82) is 0 Å². The van der Waals surface area contributed by atoms with Crippen LogP contribution < -0.4 is 9.47 Å². The summed E-state index contributed by atoms with van der Waals surface area (Å²) < 4.78 is 16.4. The smallest absolute Gasteiger partial charge is 0.225 e. The summed E-state index contributed by atoms with van der Waals surface area (Å²) in [5.74, 6) is 2.21. The molecule has 3 aliphatic rings. The highest BCUT2D eigenvalue weighted by Gasteiger charge is 2.48. The monoisotopic (exact) mass is 547 g/mol. The van der Waals surface area contributed by atoms with Gasteiger partial charge in [-0.1, -0.05) is 18.6 Å². The van der Waals surface area contributed by atoms with Gasteiger partial charge in [0, 0.05) is 67.3 Å². The number of fused-ring (bicyclic) bond motifs is 4. The van der Waals surface area contributed by atoms with E-state index in [1.54, 1.807) is 14.2 Å². The first kappa shape index (κ1) is 27.1. The lowest BCUT2D eigenvalue weighted by molar-refractivity contribution is -0.140. The summed E-state index contributed by atoms with van der Waals surface area (Å²) in [7, 11) is 3.35. The van der Waals surface area contributed by atoms with E-state index >= 15 is 0 Å². The number of aromatic nitrogens is 1. The van der Waals surface area contributed by atoms with Gasteiger partial charge in [0.05, 0.1) is 26.4 Å². The predicted octanol–water partition coefficient (Wildman–Crippen LogP) is 4.41. The second kappa shape index (κ2) is 11.4. The van der Waals surface area contributed by atoms with E-state index in [0.717, 1.165) is 68.0 Å². The molecule has 2 aromatic carbocycles. The Morgan fingerprint density at radius 3 is 2.45 bits per heavy atom. The molecule has 1 saturated heterocycles. The number of amides is 1. The van der Waals surface area contributed by atoms with Gasteiger partial charge < -0.3 is 29.2 Å². The van der Waals surface area contributed by atoms with E-state index in [-0.39, 0.29) is 24.0 Å². The quantitative estimate of drug-likeness (QED) is 0.386. The van der Waals surface area contributed by atoms with Gasteiger partial charge in [0.25, 0.3) is 0 Å². The van der Waals surface area contributed by atoms with Crippen molar-refractivity contribution < 1.29 is 24.1 Å². The second-order valence-corrected chi connectivity index (χ2v) is 11.6. The lowest BCUT2D eigenvalue weighted by Gasteiger charge is -2.50. The molecule has 2 fully saturated rings. The SMILES string of the molecule is COCCOc1ccc(CN2CC3(CCN(C(=O)C4CCC4)CC3)c3c([nH]c4cc(OC)ccc34)C2CO)cc1. The predicted molar refractivity (Wildman–Crippen MR) is 154 cm³/mol. The van der Waals surface area contributed by atoms with Crippen LogP contribution in [0.25, 0.3) is 10.9 Å². The number of ether oxygens (including phenoxy) is 3. The highest BCUT2D eigenvalue weighted by atomic mass is 16.5. The fraction of sp³-hybridized carbons (Fsp3) is 0.531. The summed E-state index contributed by atoms with van der Waals surface area (Å²) in [5.41, 5.74) is 4.52. The van der Waals surface area contributed by atoms with E-state index in [2.05, 4.69) is 39.0 Å². The molecule has 3 heterocycles. The molecule has 1 spiro atoms. The van der Waals surface area contributed by atoms with Crippen LogP contribution >= 0.6 is 0 Å². The van der Waals surface area contributed by atoms with Gasteiger partial charge in [0.2, 0.25) is 5.91 Å². The molecular formula is C32H41N3O5. The molecule has 1 aromatic heterocycles. The number of methoxy groups -OCH3 is 2. The Hall–Kier alpha value is -3.07. The van der Waals surface area contributed by atoms with Crippen LogP contribution in [0.5, 0.6) is 11.5 Å². The second-order valence-electron chi connectivity index (χ2n) is 11.6. The van der Waals surface area contributed by atoms with Crippen LogP contribution in [0.3, 0.4) is 0 Å². The number of piperidine rings is 1. The van der Waals surface area contributed by atoms with Crippen LogP contribution in [0.2, 0.25) is 0 Å². The lowest BCUT2D eigenvalue weighted by Crippen LogP contribution is -2.55. The molecule has 8 heteroatoms. The molecule has 2 aliphatic heterocycles. The fourth-order valence-corrected chi connectivity index (χ4v) is 6.92. The minimum Gasteiger partial charge on any atom is -0.497 e. The van der Waals surface area contributed by atoms with E-state index in [1.165, 1.54) is 22.9 Å². The molecule has 1 saturated carbocycles. The number of H-pyrrole nitrogens is 1. The van der Waals surface area contributed by atoms with Gasteiger partial charge in [0.1, 0.15) is 18.1 Å². The van der Waals surface area contributed by atoms with Crippen molar-refractivity contribution in [2.75, 3.05) is 53.7 Å². The third-order valence-electron chi connectivity index (χ3n) is 9.37. The van der Waals surface area contributed by atoms with Crippen molar-refractivity contribution >= 4 is 16.8 Å². The number of aliphatic hydroxyl groups is 1. The average Bonchev–Trinajstić information content (AvgIpc) is 3.33. The Morgan fingerprint density at radius 2 is 1.80 bits per heavy atom. The van der Waals surface area contributed by atoms with Crippen molar-refractivity contribution in [2.24, 2.45) is 5.92 Å². The maximum Gasteiger partial charge on any atom is 0.225 e. The topological polar surface area (TPSA) is 87.3 Å². The van der Waals surface area contributed by atoms with Gasteiger partial charge in [-0.15, -0.1) is 0 Å². The van der Waals surface area contributed by atoms with Crippen LogP contribution in [0.4, 0.5) is 0 Å². The minimum atomic E-state index is -0.147. The van der Waals surface area contributed by atoms with Crippen molar-refractivity contribution in [3.05, 3.63) is 59.3 Å². The first-order chi connectivity index (χ1) is 19.5. The van der Waals surface area contributed by atoms with Gasteiger partial charge in [-0.3, -0.25) is 9.69 Å². The fourth-order valence-electron chi connectivity index (χ4n) is 6.92. The number of carbonyl (C=O) groups excluding carboxylic acids is 1.